The molecule has 3 aromatic rings. The number of nitrogens with zero attached hydrogens (tertiary/aromatic N) is 2. The highest BCUT2D eigenvalue weighted by atomic mass is 35.5. The zero-order chi connectivity index (χ0) is 23.5. The van der Waals surface area contributed by atoms with Gasteiger partial charge in [-0.3, -0.25) is 4.79 Å². The van der Waals surface area contributed by atoms with Gasteiger partial charge >= 0.3 is 0 Å². The normalized spacial score (nSPS) is 15.8. The fourth-order valence-electron chi connectivity index (χ4n) is 4.39. The number of fused-ring (bicyclic) bond motifs is 1. The molecule has 1 aliphatic heterocycles. The Morgan fingerprint density at radius 1 is 1.33 bits per heavy atom. The largest absolute Gasteiger partial charge is 0.397 e. The second-order valence-corrected chi connectivity index (χ2v) is 9.95. The number of halogens is 1. The van der Waals surface area contributed by atoms with Gasteiger partial charge in [0.05, 0.1) is 11.8 Å². The van der Waals surface area contributed by atoms with Crippen LogP contribution in [0.25, 0.3) is 10.2 Å². The van der Waals surface area contributed by atoms with E-state index in [0.29, 0.717) is 28.2 Å². The number of aryl methyl sites for hydroxylation is 1. The van der Waals surface area contributed by atoms with Gasteiger partial charge in [-0.2, -0.15) is 0 Å². The predicted octanol–water partition coefficient (Wildman–Crippen LogP) is 3.88. The van der Waals surface area contributed by atoms with Crippen LogP contribution in [-0.2, 0) is 6.42 Å². The highest BCUT2D eigenvalue weighted by Crippen LogP contribution is 2.37. The van der Waals surface area contributed by atoms with Crippen LogP contribution in [0.2, 0.25) is 5.02 Å². The molecule has 4 rings (SSSR count). The standard InChI is InChI=1S/C24H30ClN5O2S/c1-2-3-15-12-19(29-24-20(15)21(26)22(33-24)23(27)32)30-10-8-17(9-11-30)28-13-18(31)14-4-6-16(25)7-5-14/h4-7,12,17-18,28,31H,2-3,8-11,13,26H2,1H3,(H2,27,32). The fourth-order valence-corrected chi connectivity index (χ4v) is 5.50. The zero-order valence-electron chi connectivity index (χ0n) is 18.7. The number of rotatable bonds is 8. The SMILES string of the molecule is CCCc1cc(N2CCC(NCC(O)c3ccc(Cl)cc3)CC2)nc2sc(C(N)=O)c(N)c12. The molecule has 0 bridgehead atoms. The van der Waals surface area contributed by atoms with Crippen molar-refractivity contribution in [3.8, 4) is 0 Å². The number of aromatic nitrogens is 1. The Balaban J connectivity index is 1.42. The molecule has 176 valence electrons. The number of piperidine rings is 1. The molecule has 6 N–H and O–H groups in total. The van der Waals surface area contributed by atoms with Crippen LogP contribution in [0.4, 0.5) is 11.5 Å². The van der Waals surface area contributed by atoms with Crippen molar-refractivity contribution in [1.82, 2.24) is 10.3 Å². The fraction of sp³-hybridized carbons (Fsp3) is 0.417. The van der Waals surface area contributed by atoms with E-state index in [9.17, 15) is 9.90 Å². The number of aliphatic hydroxyl groups is 1. The molecule has 1 aromatic carbocycles. The van der Waals surface area contributed by atoms with Gasteiger partial charge in [0.1, 0.15) is 15.5 Å². The lowest BCUT2D eigenvalue weighted by Crippen LogP contribution is -2.44. The maximum absolute atomic E-state index is 11.8. The number of nitrogens with one attached hydrogen (secondary N) is 1. The van der Waals surface area contributed by atoms with Crippen molar-refractivity contribution >= 4 is 50.6 Å². The number of aliphatic hydroxyl groups excluding tert-OH is 1. The number of carbonyl (C=O) groups is 1. The van der Waals surface area contributed by atoms with E-state index in [-0.39, 0.29) is 0 Å². The van der Waals surface area contributed by atoms with Gasteiger partial charge in [-0.25, -0.2) is 4.98 Å². The molecule has 3 heterocycles. The third kappa shape index (κ3) is 5.24. The van der Waals surface area contributed by atoms with E-state index in [2.05, 4.69) is 23.2 Å². The molecular formula is C24H30ClN5O2S. The Labute approximate surface area is 202 Å². The molecule has 33 heavy (non-hydrogen) atoms. The summed E-state index contributed by atoms with van der Waals surface area (Å²) in [5.74, 6) is 0.412. The summed E-state index contributed by atoms with van der Waals surface area (Å²) >= 11 is 7.20. The average molecular weight is 488 g/mol. The summed E-state index contributed by atoms with van der Waals surface area (Å²) in [4.78, 5) is 20.1. The third-order valence-corrected chi connectivity index (χ3v) is 7.55. The van der Waals surface area contributed by atoms with E-state index in [1.54, 1.807) is 12.1 Å². The van der Waals surface area contributed by atoms with Gasteiger partial charge in [-0.1, -0.05) is 37.1 Å². The number of hydrogen-bond acceptors (Lipinski definition) is 7. The maximum Gasteiger partial charge on any atom is 0.260 e. The summed E-state index contributed by atoms with van der Waals surface area (Å²) in [5, 5.41) is 15.5. The van der Waals surface area contributed by atoms with Crippen LogP contribution < -0.4 is 21.7 Å². The summed E-state index contributed by atoms with van der Waals surface area (Å²) in [7, 11) is 0. The van der Waals surface area contributed by atoms with Crippen molar-refractivity contribution < 1.29 is 9.90 Å². The molecule has 0 spiro atoms. The number of hydrogen-bond donors (Lipinski definition) is 4. The van der Waals surface area contributed by atoms with E-state index >= 15 is 0 Å². The molecular weight excluding hydrogens is 458 g/mol. The van der Waals surface area contributed by atoms with E-state index in [1.165, 1.54) is 11.3 Å². The molecule has 1 unspecified atom stereocenters. The molecule has 2 aromatic heterocycles. The summed E-state index contributed by atoms with van der Waals surface area (Å²) in [6, 6.07) is 9.74. The molecule has 9 heteroatoms. The summed E-state index contributed by atoms with van der Waals surface area (Å²) in [6.07, 6.45) is 3.18. The Hall–Kier alpha value is -2.39. The molecule has 0 saturated carbocycles. The molecule has 1 aliphatic rings. The van der Waals surface area contributed by atoms with Crippen LogP contribution in [0.3, 0.4) is 0 Å². The second-order valence-electron chi connectivity index (χ2n) is 8.52. The first-order valence-corrected chi connectivity index (χ1v) is 12.5. The van der Waals surface area contributed by atoms with Crippen molar-refractivity contribution in [3.05, 3.63) is 51.4 Å². The van der Waals surface area contributed by atoms with E-state index < -0.39 is 12.0 Å². The molecule has 0 radical (unpaired) electrons. The number of thiophene rings is 1. The smallest absolute Gasteiger partial charge is 0.260 e. The lowest BCUT2D eigenvalue weighted by Gasteiger charge is -2.34. The molecule has 1 fully saturated rings. The quantitative estimate of drug-likeness (QED) is 0.383. The van der Waals surface area contributed by atoms with Crippen molar-refractivity contribution in [2.75, 3.05) is 30.3 Å². The lowest BCUT2D eigenvalue weighted by molar-refractivity contribution is 0.100. The Bertz CT molecular complexity index is 1130. The Morgan fingerprint density at radius 2 is 2.03 bits per heavy atom. The average Bonchev–Trinajstić information content (AvgIpc) is 3.15. The van der Waals surface area contributed by atoms with Crippen molar-refractivity contribution in [2.45, 2.75) is 44.8 Å². The van der Waals surface area contributed by atoms with Gasteiger partial charge in [0.2, 0.25) is 0 Å². The highest BCUT2D eigenvalue weighted by molar-refractivity contribution is 7.21. The number of amides is 1. The van der Waals surface area contributed by atoms with Crippen LogP contribution >= 0.6 is 22.9 Å². The van der Waals surface area contributed by atoms with Gasteiger partial charge in [0.25, 0.3) is 5.91 Å². The first-order chi connectivity index (χ1) is 15.9. The molecule has 0 aliphatic carbocycles. The number of primary amides is 1. The number of anilines is 2. The van der Waals surface area contributed by atoms with Gasteiger partial charge in [-0.15, -0.1) is 11.3 Å². The van der Waals surface area contributed by atoms with E-state index in [1.807, 2.05) is 12.1 Å². The highest BCUT2D eigenvalue weighted by Gasteiger charge is 2.24. The molecule has 1 atom stereocenters. The van der Waals surface area contributed by atoms with Crippen molar-refractivity contribution in [2.24, 2.45) is 5.73 Å². The minimum atomic E-state index is -0.565. The van der Waals surface area contributed by atoms with E-state index in [0.717, 1.165) is 65.9 Å². The van der Waals surface area contributed by atoms with Crippen LogP contribution in [0.1, 0.15) is 53.1 Å². The van der Waals surface area contributed by atoms with E-state index in [4.69, 9.17) is 28.1 Å². The second kappa shape index (κ2) is 10.3. The minimum absolute atomic E-state index is 0.334. The van der Waals surface area contributed by atoms with Crippen LogP contribution in [0.15, 0.2) is 30.3 Å². The lowest BCUT2D eigenvalue weighted by atomic mass is 10.0. The third-order valence-electron chi connectivity index (χ3n) is 6.18. The van der Waals surface area contributed by atoms with Crippen molar-refractivity contribution in [3.63, 3.8) is 0 Å². The monoisotopic (exact) mass is 487 g/mol. The topological polar surface area (TPSA) is 117 Å². The van der Waals surface area contributed by atoms with Crippen LogP contribution in [-0.4, -0.2) is 41.7 Å². The zero-order valence-corrected chi connectivity index (χ0v) is 20.3. The van der Waals surface area contributed by atoms with Gasteiger partial charge < -0.3 is 26.8 Å². The van der Waals surface area contributed by atoms with Crippen LogP contribution in [0.5, 0.6) is 0 Å². The summed E-state index contributed by atoms with van der Waals surface area (Å²) in [6.45, 7) is 4.35. The minimum Gasteiger partial charge on any atom is -0.397 e. The van der Waals surface area contributed by atoms with Gasteiger partial charge in [0, 0.05) is 36.1 Å². The first-order valence-electron chi connectivity index (χ1n) is 11.3. The van der Waals surface area contributed by atoms with Gasteiger partial charge in [-0.05, 0) is 48.6 Å². The summed E-state index contributed by atoms with van der Waals surface area (Å²) in [5.41, 5.74) is 14.2. The Morgan fingerprint density at radius 3 is 2.67 bits per heavy atom. The maximum atomic E-state index is 11.8. The van der Waals surface area contributed by atoms with Crippen LogP contribution in [0, 0.1) is 0 Å². The number of benzene rings is 1. The molecule has 1 saturated heterocycles. The number of nitrogens with two attached hydrogens (primary N) is 2. The number of pyridine rings is 1. The molecule has 7 nitrogen and oxygen atoms in total. The first kappa shape index (κ1) is 23.8. The number of carbonyl (C=O) groups excluding carboxylic acids is 1. The molecule has 1 amide bonds. The Kier molecular flexibility index (Phi) is 7.38. The van der Waals surface area contributed by atoms with Gasteiger partial charge in [0.15, 0.2) is 0 Å². The summed E-state index contributed by atoms with van der Waals surface area (Å²) < 4.78 is 0. The number of nitrogen functional groups attached to an aromatic ring is 1. The predicted molar refractivity (Wildman–Crippen MR) is 136 cm³/mol. The van der Waals surface area contributed by atoms with Crippen molar-refractivity contribution in [1.29, 1.82) is 0 Å².